The molecule has 53 heavy (non-hydrogen) atoms. The van der Waals surface area contributed by atoms with Crippen LogP contribution in [0.25, 0.3) is 60.6 Å². The van der Waals surface area contributed by atoms with Crippen LogP contribution in [0.1, 0.15) is 34.7 Å². The zero-order valence-electron chi connectivity index (χ0n) is 29.6. The summed E-state index contributed by atoms with van der Waals surface area (Å²) in [6, 6.07) is 51.7. The zero-order valence-corrected chi connectivity index (χ0v) is 30.8. The Labute approximate surface area is 313 Å². The smallest absolute Gasteiger partial charge is 0.0731 e. The Kier molecular flexibility index (Phi) is 8.07. The van der Waals surface area contributed by atoms with E-state index in [1.54, 1.807) is 0 Å². The van der Waals surface area contributed by atoms with Crippen molar-refractivity contribution in [2.45, 2.75) is 12.3 Å². The van der Waals surface area contributed by atoms with E-state index < -0.39 is 5.41 Å². The molecule has 0 aliphatic heterocycles. The minimum atomic E-state index is -0.433. The van der Waals surface area contributed by atoms with Gasteiger partial charge in [-0.2, -0.15) is 0 Å². The third-order valence-electron chi connectivity index (χ3n) is 11.1. The van der Waals surface area contributed by atoms with E-state index in [9.17, 15) is 0 Å². The highest BCUT2D eigenvalue weighted by atomic mass is 31.0. The Bertz CT molecular complexity index is 2710. The Balaban J connectivity index is 1.23. The molecule has 2 aliphatic carbocycles. The van der Waals surface area contributed by atoms with Crippen LogP contribution in [0.5, 0.6) is 0 Å². The highest BCUT2D eigenvalue weighted by Gasteiger charge is 2.52. The minimum absolute atomic E-state index is 0.433. The van der Waals surface area contributed by atoms with Crippen LogP contribution >= 0.6 is 9.39 Å². The number of rotatable bonds is 7. The molecule has 2 nitrogen and oxygen atoms in total. The van der Waals surface area contributed by atoms with Gasteiger partial charge in [0.2, 0.25) is 0 Å². The van der Waals surface area contributed by atoms with Crippen LogP contribution in [-0.4, -0.2) is 0 Å². The van der Waals surface area contributed by atoms with E-state index in [-0.39, 0.29) is 0 Å². The second-order valence-corrected chi connectivity index (χ2v) is 14.1. The van der Waals surface area contributed by atoms with Crippen molar-refractivity contribution < 1.29 is 0 Å². The number of hydrogen-bond donors (Lipinski definition) is 2. The molecule has 3 N–H and O–H groups in total. The van der Waals surface area contributed by atoms with Gasteiger partial charge in [-0.15, -0.1) is 0 Å². The van der Waals surface area contributed by atoms with E-state index in [1.165, 1.54) is 66.1 Å². The average molecular weight is 699 g/mol. The zero-order chi connectivity index (χ0) is 36.1. The Morgan fingerprint density at radius 2 is 1.30 bits per heavy atom. The number of benzene rings is 7. The summed E-state index contributed by atoms with van der Waals surface area (Å²) >= 11 is 0. The first-order chi connectivity index (χ1) is 26.1. The quantitative estimate of drug-likeness (QED) is 0.128. The SMILES string of the molecule is C=CC(/C=C\C(=C\C=C(/N)c1ccccc1-c1ccc2cc3c(cc2c1)C1(c2ccccc2-c2ccccc21)c1c-3ccc2ccccc12)NP)=C/C. The molecule has 0 amide bonds. The third-order valence-corrected chi connectivity index (χ3v) is 11.4. The maximum Gasteiger partial charge on any atom is 0.0731 e. The van der Waals surface area contributed by atoms with Gasteiger partial charge in [0.05, 0.1) is 5.41 Å². The summed E-state index contributed by atoms with van der Waals surface area (Å²) in [5.74, 6) is 0. The van der Waals surface area contributed by atoms with Gasteiger partial charge in [-0.1, -0.05) is 146 Å². The van der Waals surface area contributed by atoms with Gasteiger partial charge in [0.15, 0.2) is 0 Å². The molecule has 1 unspecified atom stereocenters. The third kappa shape index (κ3) is 5.06. The topological polar surface area (TPSA) is 38.0 Å². The predicted octanol–water partition coefficient (Wildman–Crippen LogP) is 12.3. The van der Waals surface area contributed by atoms with Gasteiger partial charge >= 0.3 is 0 Å². The summed E-state index contributed by atoms with van der Waals surface area (Å²) in [4.78, 5) is 0. The first kappa shape index (κ1) is 32.7. The molecule has 7 aromatic carbocycles. The lowest BCUT2D eigenvalue weighted by atomic mass is 9.69. The average Bonchev–Trinajstić information content (AvgIpc) is 3.68. The predicted molar refractivity (Wildman–Crippen MR) is 229 cm³/mol. The molecule has 0 saturated carbocycles. The molecule has 0 fully saturated rings. The fourth-order valence-corrected chi connectivity index (χ4v) is 8.90. The van der Waals surface area contributed by atoms with Crippen LogP contribution in [0.15, 0.2) is 194 Å². The van der Waals surface area contributed by atoms with Crippen LogP contribution in [0.2, 0.25) is 0 Å². The van der Waals surface area contributed by atoms with Gasteiger partial charge in [-0.05, 0) is 135 Å². The highest BCUT2D eigenvalue weighted by molar-refractivity contribution is 7.14. The lowest BCUT2D eigenvalue weighted by molar-refractivity contribution is 0.802. The first-order valence-electron chi connectivity index (χ1n) is 18.1. The Morgan fingerprint density at radius 3 is 2.04 bits per heavy atom. The van der Waals surface area contributed by atoms with Gasteiger partial charge in [0.1, 0.15) is 0 Å². The van der Waals surface area contributed by atoms with Crippen molar-refractivity contribution in [3.8, 4) is 33.4 Å². The maximum absolute atomic E-state index is 6.82. The fourth-order valence-electron chi connectivity index (χ4n) is 8.70. The number of nitrogens with two attached hydrogens (primary N) is 1. The van der Waals surface area contributed by atoms with Crippen molar-refractivity contribution >= 4 is 36.6 Å². The number of hydrogen-bond acceptors (Lipinski definition) is 2. The standard InChI is InChI=1S/C50H39N2P/c1-3-32(4-2)21-25-37(52-53)26-28-48(51)42-18-8-7-14-38(42)35-23-22-34-30-44-43-27-24-33-13-5-6-15-39(33)49(43)50(47(44)31-36(34)29-35)45-19-11-9-16-40(45)41-17-10-12-20-46(41)50/h3-31,52H,1,51,53H2,2H3/b25-21-,32-4-,37-26-,48-28-. The molecule has 3 heteroatoms. The molecule has 0 aromatic heterocycles. The maximum atomic E-state index is 6.82. The fraction of sp³-hybridized carbons (Fsp3) is 0.0400. The van der Waals surface area contributed by atoms with E-state index in [0.29, 0.717) is 5.70 Å². The van der Waals surface area contributed by atoms with Crippen molar-refractivity contribution in [3.63, 3.8) is 0 Å². The monoisotopic (exact) mass is 698 g/mol. The normalized spacial score (nSPS) is 14.4. The summed E-state index contributed by atoms with van der Waals surface area (Å²) < 4.78 is 0. The molecule has 7 aromatic rings. The van der Waals surface area contributed by atoms with Crippen LogP contribution in [0.3, 0.4) is 0 Å². The molecule has 9 rings (SSSR count). The van der Waals surface area contributed by atoms with Crippen molar-refractivity contribution in [1.82, 2.24) is 5.09 Å². The van der Waals surface area contributed by atoms with Crippen molar-refractivity contribution in [3.05, 3.63) is 222 Å². The van der Waals surface area contributed by atoms with Gasteiger partial charge < -0.3 is 10.8 Å². The van der Waals surface area contributed by atoms with Gasteiger partial charge in [0, 0.05) is 17.0 Å². The second kappa shape index (κ2) is 13.1. The lowest BCUT2D eigenvalue weighted by Gasteiger charge is -2.31. The summed E-state index contributed by atoms with van der Waals surface area (Å²) in [6.45, 7) is 5.88. The van der Waals surface area contributed by atoms with Crippen LogP contribution in [-0.2, 0) is 5.41 Å². The number of nitrogens with one attached hydrogen (secondary N) is 1. The first-order valence-corrected chi connectivity index (χ1v) is 18.7. The molecule has 0 bridgehead atoms. The number of allylic oxidation sites excluding steroid dienone is 7. The summed E-state index contributed by atoms with van der Waals surface area (Å²) in [5.41, 5.74) is 22.9. The molecular weight excluding hydrogens is 660 g/mol. The van der Waals surface area contributed by atoms with E-state index in [4.69, 9.17) is 5.73 Å². The van der Waals surface area contributed by atoms with Crippen LogP contribution < -0.4 is 10.8 Å². The molecule has 0 saturated heterocycles. The largest absolute Gasteiger partial charge is 0.398 e. The van der Waals surface area contributed by atoms with Crippen molar-refractivity contribution in [2.75, 3.05) is 0 Å². The molecule has 0 radical (unpaired) electrons. The van der Waals surface area contributed by atoms with Gasteiger partial charge in [0.25, 0.3) is 0 Å². The molecular formula is C50H39N2P. The highest BCUT2D eigenvalue weighted by Crippen LogP contribution is 2.64. The molecule has 254 valence electrons. The minimum Gasteiger partial charge on any atom is -0.398 e. The summed E-state index contributed by atoms with van der Waals surface area (Å²) in [5, 5.41) is 8.17. The van der Waals surface area contributed by atoms with E-state index in [2.05, 4.69) is 161 Å². The van der Waals surface area contributed by atoms with Crippen molar-refractivity contribution in [2.24, 2.45) is 5.73 Å². The van der Waals surface area contributed by atoms with E-state index in [0.717, 1.165) is 28.0 Å². The molecule has 0 heterocycles. The molecule has 1 spiro atoms. The van der Waals surface area contributed by atoms with E-state index >= 15 is 0 Å². The van der Waals surface area contributed by atoms with Crippen molar-refractivity contribution in [1.29, 1.82) is 0 Å². The Morgan fingerprint density at radius 1 is 0.623 bits per heavy atom. The lowest BCUT2D eigenvalue weighted by Crippen LogP contribution is -2.26. The summed E-state index contributed by atoms with van der Waals surface area (Å²) in [7, 11) is 2.57. The van der Waals surface area contributed by atoms with Crippen LogP contribution in [0.4, 0.5) is 0 Å². The Hall–Kier alpha value is -6.21. The molecule has 2 aliphatic rings. The molecule has 1 atom stereocenters. The van der Waals surface area contributed by atoms with E-state index in [1.807, 2.05) is 43.4 Å². The van der Waals surface area contributed by atoms with Crippen LogP contribution in [0, 0.1) is 0 Å². The summed E-state index contributed by atoms with van der Waals surface area (Å²) in [6.07, 6.45) is 11.8. The van der Waals surface area contributed by atoms with Gasteiger partial charge in [-0.25, -0.2) is 0 Å². The number of fused-ring (bicyclic) bond motifs is 13. The van der Waals surface area contributed by atoms with Gasteiger partial charge in [-0.3, -0.25) is 0 Å². The second-order valence-electron chi connectivity index (χ2n) is 13.8.